The number of benzene rings is 1. The Morgan fingerprint density at radius 3 is 2.20 bits per heavy atom. The Kier molecular flexibility index (Phi) is 8.30. The maximum Gasteiger partial charge on any atom is 0.408 e. The van der Waals surface area contributed by atoms with Gasteiger partial charge in [-0.1, -0.05) is 50.1 Å². The first kappa shape index (κ1) is 26.4. The first-order valence-corrected chi connectivity index (χ1v) is 12.2. The molecule has 2 aliphatic rings. The van der Waals surface area contributed by atoms with E-state index in [1.165, 1.54) is 0 Å². The number of Topliss-reactive ketones (excluding diaryl/α,β-unsaturated/α-hetero) is 1. The van der Waals surface area contributed by atoms with Crippen LogP contribution in [0.15, 0.2) is 30.3 Å². The molecule has 9 nitrogen and oxygen atoms in total. The Morgan fingerprint density at radius 2 is 1.66 bits per heavy atom. The van der Waals surface area contributed by atoms with Crippen molar-refractivity contribution >= 4 is 29.6 Å². The number of carbonyl (C=O) groups excluding carboxylic acids is 5. The van der Waals surface area contributed by atoms with E-state index in [0.717, 1.165) is 25.7 Å². The third kappa shape index (κ3) is 6.90. The fraction of sp³-hybridized carbons (Fsp3) is 0.577. The molecule has 9 heteroatoms. The molecule has 0 radical (unpaired) electrons. The lowest BCUT2D eigenvalue weighted by Gasteiger charge is -2.28. The van der Waals surface area contributed by atoms with E-state index in [1.54, 1.807) is 52.0 Å². The number of ether oxygens (including phenoxy) is 1. The number of amides is 4. The highest BCUT2D eigenvalue weighted by atomic mass is 16.6. The zero-order chi connectivity index (χ0) is 25.8. The van der Waals surface area contributed by atoms with Crippen LogP contribution in [0.4, 0.5) is 4.79 Å². The summed E-state index contributed by atoms with van der Waals surface area (Å²) >= 11 is 0. The first-order chi connectivity index (χ1) is 16.5. The first-order valence-electron chi connectivity index (χ1n) is 12.2. The second kappa shape index (κ2) is 11.0. The van der Waals surface area contributed by atoms with E-state index in [2.05, 4.69) is 16.0 Å². The lowest BCUT2D eigenvalue weighted by atomic mass is 9.83. The zero-order valence-electron chi connectivity index (χ0n) is 20.8. The molecule has 1 aromatic carbocycles. The highest BCUT2D eigenvalue weighted by molar-refractivity contribution is 6.16. The van der Waals surface area contributed by atoms with E-state index in [4.69, 9.17) is 4.74 Å². The van der Waals surface area contributed by atoms with Crippen molar-refractivity contribution in [2.24, 2.45) is 17.8 Å². The topological polar surface area (TPSA) is 131 Å². The molecule has 4 amide bonds. The minimum absolute atomic E-state index is 0.101. The predicted octanol–water partition coefficient (Wildman–Crippen LogP) is 2.80. The van der Waals surface area contributed by atoms with Crippen molar-refractivity contribution in [3.05, 3.63) is 35.9 Å². The molecule has 1 aromatic rings. The molecule has 3 N–H and O–H groups in total. The van der Waals surface area contributed by atoms with Crippen molar-refractivity contribution in [1.82, 2.24) is 16.0 Å². The maximum atomic E-state index is 13.4. The molecular formula is C26H35N3O6. The number of ketones is 1. The van der Waals surface area contributed by atoms with Crippen LogP contribution < -0.4 is 16.0 Å². The van der Waals surface area contributed by atoms with Crippen LogP contribution in [0, 0.1) is 17.8 Å². The number of imide groups is 1. The molecule has 3 rings (SSSR count). The summed E-state index contributed by atoms with van der Waals surface area (Å²) in [5.41, 5.74) is 0.00967. The van der Waals surface area contributed by atoms with Gasteiger partial charge in [0, 0.05) is 0 Å². The van der Waals surface area contributed by atoms with E-state index in [1.807, 2.05) is 6.07 Å². The zero-order valence-corrected chi connectivity index (χ0v) is 20.8. The molecule has 1 aliphatic heterocycles. The largest absolute Gasteiger partial charge is 0.444 e. The van der Waals surface area contributed by atoms with Gasteiger partial charge in [0.25, 0.3) is 0 Å². The summed E-state index contributed by atoms with van der Waals surface area (Å²) < 4.78 is 5.36. The molecule has 0 bridgehead atoms. The smallest absolute Gasteiger partial charge is 0.408 e. The van der Waals surface area contributed by atoms with Gasteiger partial charge in [-0.2, -0.15) is 0 Å². The van der Waals surface area contributed by atoms with E-state index < -0.39 is 59.1 Å². The summed E-state index contributed by atoms with van der Waals surface area (Å²) in [5, 5.41) is 7.81. The molecule has 1 heterocycles. The van der Waals surface area contributed by atoms with Crippen LogP contribution in [0.2, 0.25) is 0 Å². The number of rotatable bonds is 8. The van der Waals surface area contributed by atoms with E-state index in [-0.39, 0.29) is 12.3 Å². The molecule has 1 aliphatic carbocycles. The normalized spacial score (nSPS) is 22.3. The van der Waals surface area contributed by atoms with Crippen molar-refractivity contribution in [3.8, 4) is 0 Å². The fourth-order valence-electron chi connectivity index (χ4n) is 4.78. The average molecular weight is 486 g/mol. The van der Waals surface area contributed by atoms with Gasteiger partial charge in [-0.05, 0) is 45.1 Å². The molecule has 190 valence electrons. The quantitative estimate of drug-likeness (QED) is 0.383. The summed E-state index contributed by atoms with van der Waals surface area (Å²) in [6.45, 7) is 6.80. The summed E-state index contributed by atoms with van der Waals surface area (Å²) in [4.78, 5) is 63.3. The lowest BCUT2D eigenvalue weighted by Crippen LogP contribution is -2.50. The molecule has 4 atom stereocenters. The van der Waals surface area contributed by atoms with Crippen molar-refractivity contribution in [1.29, 1.82) is 0 Å². The third-order valence-electron chi connectivity index (χ3n) is 6.53. The Morgan fingerprint density at radius 1 is 1.03 bits per heavy atom. The van der Waals surface area contributed by atoms with Gasteiger partial charge in [0.1, 0.15) is 11.5 Å². The Labute approximate surface area is 205 Å². The molecule has 1 saturated carbocycles. The lowest BCUT2D eigenvalue weighted by molar-refractivity contribution is -0.137. The minimum atomic E-state index is -1.11. The second-order valence-corrected chi connectivity index (χ2v) is 10.4. The highest BCUT2D eigenvalue weighted by Crippen LogP contribution is 2.32. The minimum Gasteiger partial charge on any atom is -0.444 e. The van der Waals surface area contributed by atoms with Crippen molar-refractivity contribution < 1.29 is 28.7 Å². The van der Waals surface area contributed by atoms with Crippen LogP contribution in [-0.2, 0) is 23.9 Å². The molecule has 0 aromatic heterocycles. The molecule has 1 unspecified atom stereocenters. The molecule has 1 saturated heterocycles. The molecule has 35 heavy (non-hydrogen) atoms. The van der Waals surface area contributed by atoms with Crippen molar-refractivity contribution in [2.75, 3.05) is 0 Å². The Hall–Kier alpha value is -3.23. The predicted molar refractivity (Wildman–Crippen MR) is 128 cm³/mol. The van der Waals surface area contributed by atoms with Crippen LogP contribution in [-0.4, -0.2) is 41.2 Å². The van der Waals surface area contributed by atoms with Gasteiger partial charge in [-0.25, -0.2) is 4.79 Å². The summed E-state index contributed by atoms with van der Waals surface area (Å²) in [6.07, 6.45) is 2.60. The second-order valence-electron chi connectivity index (χ2n) is 10.4. The van der Waals surface area contributed by atoms with Crippen molar-refractivity contribution in [2.45, 2.75) is 77.5 Å². The molecule has 2 fully saturated rings. The van der Waals surface area contributed by atoms with Crippen LogP contribution in [0.25, 0.3) is 0 Å². The number of hydrogen-bond acceptors (Lipinski definition) is 6. The van der Waals surface area contributed by atoms with Gasteiger partial charge >= 0.3 is 6.09 Å². The van der Waals surface area contributed by atoms with Gasteiger partial charge < -0.3 is 15.4 Å². The van der Waals surface area contributed by atoms with E-state index >= 15 is 0 Å². The highest BCUT2D eigenvalue weighted by Gasteiger charge is 2.47. The van der Waals surface area contributed by atoms with Gasteiger partial charge in [0.2, 0.25) is 17.7 Å². The SMILES string of the molecule is C[C@@H]1C(=O)NC(=O)[C@H]1C(=O)C(NC(=O)C[C@H](NC(=O)OC(C)(C)C)c1ccccc1)C1CCCC1. The number of nitrogens with one attached hydrogen (secondary N) is 3. The number of alkyl carbamates (subject to hydrolysis) is 1. The van der Waals surface area contributed by atoms with Gasteiger partial charge in [-0.15, -0.1) is 0 Å². The fourth-order valence-corrected chi connectivity index (χ4v) is 4.78. The van der Waals surface area contributed by atoms with Crippen molar-refractivity contribution in [3.63, 3.8) is 0 Å². The van der Waals surface area contributed by atoms with Crippen LogP contribution in [0.3, 0.4) is 0 Å². The molecule has 0 spiro atoms. The maximum absolute atomic E-state index is 13.4. The van der Waals surface area contributed by atoms with E-state index in [9.17, 15) is 24.0 Å². The number of hydrogen-bond donors (Lipinski definition) is 3. The molecular weight excluding hydrogens is 450 g/mol. The Balaban J connectivity index is 1.77. The monoisotopic (exact) mass is 485 g/mol. The Bertz CT molecular complexity index is 965. The summed E-state index contributed by atoms with van der Waals surface area (Å²) in [5.74, 6) is -3.94. The van der Waals surface area contributed by atoms with Crippen LogP contribution >= 0.6 is 0 Å². The summed E-state index contributed by atoms with van der Waals surface area (Å²) in [6, 6.07) is 7.49. The average Bonchev–Trinajstić information content (AvgIpc) is 3.38. The summed E-state index contributed by atoms with van der Waals surface area (Å²) in [7, 11) is 0. The van der Waals surface area contributed by atoms with Gasteiger partial charge in [0.05, 0.1) is 24.4 Å². The number of carbonyl (C=O) groups is 5. The third-order valence-corrected chi connectivity index (χ3v) is 6.53. The standard InChI is InChI=1S/C26H35N3O6/c1-15-20(24(33)29-23(15)32)22(31)21(17-12-8-9-13-17)28-19(30)14-18(16-10-6-5-7-11-16)27-25(34)35-26(2,3)4/h5-7,10-11,15,17-18,20-21H,8-9,12-14H2,1-4H3,(H,27,34)(H,28,30)(H,29,32,33)/t15-,18-,20+,21?/m0/s1. The van der Waals surface area contributed by atoms with E-state index in [0.29, 0.717) is 5.56 Å². The van der Waals surface area contributed by atoms with Crippen LogP contribution in [0.5, 0.6) is 0 Å². The van der Waals surface area contributed by atoms with Crippen LogP contribution in [0.1, 0.15) is 71.4 Å². The van der Waals surface area contributed by atoms with Gasteiger partial charge in [-0.3, -0.25) is 24.5 Å². The van der Waals surface area contributed by atoms with Gasteiger partial charge in [0.15, 0.2) is 5.78 Å².